The second kappa shape index (κ2) is 11.3. The number of nitrogens with zero attached hydrogens (tertiary/aromatic N) is 2. The summed E-state index contributed by atoms with van der Waals surface area (Å²) in [5, 5.41) is 2.19. The summed E-state index contributed by atoms with van der Waals surface area (Å²) in [4.78, 5) is 22.9. The van der Waals surface area contributed by atoms with E-state index in [1.807, 2.05) is 0 Å². The van der Waals surface area contributed by atoms with Gasteiger partial charge in [-0.1, -0.05) is 0 Å². The largest absolute Gasteiger partial charge is 0.392 e. The van der Waals surface area contributed by atoms with Crippen molar-refractivity contribution in [1.82, 2.24) is 10.6 Å². The topological polar surface area (TPSA) is 58.2 Å². The van der Waals surface area contributed by atoms with Crippen LogP contribution in [0.1, 0.15) is 12.8 Å². The summed E-state index contributed by atoms with van der Waals surface area (Å²) in [5.41, 5.74) is 0. The van der Waals surface area contributed by atoms with E-state index >= 15 is 0 Å². The van der Waals surface area contributed by atoms with E-state index in [4.69, 9.17) is 0 Å². The molecule has 2 N–H and O–H groups in total. The maximum Gasteiger partial charge on any atom is 0.392 e. The van der Waals surface area contributed by atoms with Gasteiger partial charge in [0.05, 0.1) is 55.4 Å². The first-order valence-electron chi connectivity index (χ1n) is 10.9. The normalized spacial score (nSPS) is 14.9. The van der Waals surface area contributed by atoms with E-state index in [0.29, 0.717) is 0 Å². The Hall–Kier alpha value is -1.98. The van der Waals surface area contributed by atoms with Gasteiger partial charge in [0, 0.05) is 25.9 Å². The molecule has 0 heterocycles. The van der Waals surface area contributed by atoms with Crippen LogP contribution < -0.4 is 10.6 Å². The molecule has 0 aromatic carbocycles. The predicted octanol–water partition coefficient (Wildman–Crippen LogP) is 3.22. The first kappa shape index (κ1) is 36.0. The average molecular weight is 588 g/mol. The second-order valence-electron chi connectivity index (χ2n) is 10.7. The van der Waals surface area contributed by atoms with Gasteiger partial charge in [0.2, 0.25) is 0 Å². The van der Waals surface area contributed by atoms with Crippen LogP contribution in [0.3, 0.4) is 0 Å². The zero-order chi connectivity index (χ0) is 30.8. The van der Waals surface area contributed by atoms with Gasteiger partial charge in [-0.15, -0.1) is 0 Å². The van der Waals surface area contributed by atoms with Crippen LogP contribution in [0.25, 0.3) is 0 Å². The highest BCUT2D eigenvalue weighted by molar-refractivity contribution is 5.85. The number of nitrogens with one attached hydrogen (secondary N) is 2. The number of rotatable bonds is 15. The fourth-order valence-corrected chi connectivity index (χ4v) is 2.81. The van der Waals surface area contributed by atoms with Crippen molar-refractivity contribution < 1.29 is 71.2 Å². The van der Waals surface area contributed by atoms with Crippen LogP contribution in [-0.4, -0.2) is 125 Å². The third kappa shape index (κ3) is 7.35. The van der Waals surface area contributed by atoms with E-state index in [1.54, 1.807) is 42.3 Å². The van der Waals surface area contributed by atoms with Crippen molar-refractivity contribution in [3.8, 4) is 0 Å². The van der Waals surface area contributed by atoms with Gasteiger partial charge in [-0.25, -0.2) is 0 Å². The number of quaternary nitrogens is 2. The Labute approximate surface area is 211 Å². The summed E-state index contributed by atoms with van der Waals surface area (Å²) >= 11 is 0. The van der Waals surface area contributed by atoms with E-state index < -0.39 is 60.4 Å². The van der Waals surface area contributed by atoms with E-state index in [9.17, 15) is 62.3 Å². The molecule has 226 valence electrons. The Balaban J connectivity index is 5.93. The first-order valence-corrected chi connectivity index (χ1v) is 10.9. The van der Waals surface area contributed by atoms with Gasteiger partial charge in [0.15, 0.2) is 0 Å². The lowest BCUT2D eigenvalue weighted by molar-refractivity contribution is -0.870. The Morgan fingerprint density at radius 1 is 0.500 bits per heavy atom. The molecule has 2 amide bonds. The van der Waals surface area contributed by atoms with E-state index in [0.717, 1.165) is 10.6 Å². The molecular weight excluding hydrogens is 556 g/mol. The summed E-state index contributed by atoms with van der Waals surface area (Å²) in [6.45, 7) is -1.39. The Bertz CT molecular complexity index is 769. The number of carbonyl (C=O) groups excluding carboxylic acids is 2. The molecule has 0 rings (SSSR count). The SMILES string of the molecule is C[N+](C)(C)CCCNC(=O)C(F)(F)C(F)(F)C(F)(F)C(F)(F)C(F)(F)C(F)(F)C(=O)NCCC[N+](C)(C)C. The van der Waals surface area contributed by atoms with Gasteiger partial charge >= 0.3 is 35.5 Å². The Morgan fingerprint density at radius 2 is 0.737 bits per heavy atom. The smallest absolute Gasteiger partial charge is 0.350 e. The van der Waals surface area contributed by atoms with Crippen LogP contribution in [0.15, 0.2) is 0 Å². The molecule has 38 heavy (non-hydrogen) atoms. The van der Waals surface area contributed by atoms with E-state index in [1.165, 1.54) is 0 Å². The summed E-state index contributed by atoms with van der Waals surface area (Å²) in [5.74, 6) is -51.1. The number of halogens is 12. The van der Waals surface area contributed by atoms with Crippen molar-refractivity contribution in [2.24, 2.45) is 0 Å². The molecule has 0 aromatic rings. The summed E-state index contributed by atoms with van der Waals surface area (Å²) in [6.07, 6.45) is -0.366. The van der Waals surface area contributed by atoms with Crippen LogP contribution >= 0.6 is 0 Å². The number of carbonyl (C=O) groups is 2. The molecule has 0 saturated heterocycles. The van der Waals surface area contributed by atoms with Crippen molar-refractivity contribution >= 4 is 11.8 Å². The fourth-order valence-electron chi connectivity index (χ4n) is 2.81. The maximum absolute atomic E-state index is 14.0. The van der Waals surface area contributed by atoms with Gasteiger partial charge in [0.1, 0.15) is 0 Å². The summed E-state index contributed by atoms with van der Waals surface area (Å²) in [7, 11) is 9.55. The van der Waals surface area contributed by atoms with Gasteiger partial charge in [-0.2, -0.15) is 52.7 Å². The zero-order valence-electron chi connectivity index (χ0n) is 21.5. The van der Waals surface area contributed by atoms with Crippen molar-refractivity contribution in [3.05, 3.63) is 0 Å². The van der Waals surface area contributed by atoms with Crippen molar-refractivity contribution in [2.75, 3.05) is 68.5 Å². The molecule has 0 saturated carbocycles. The Morgan fingerprint density at radius 3 is 0.947 bits per heavy atom. The predicted molar refractivity (Wildman–Crippen MR) is 111 cm³/mol. The van der Waals surface area contributed by atoms with Crippen LogP contribution in [0.5, 0.6) is 0 Å². The minimum atomic E-state index is -7.94. The maximum atomic E-state index is 14.0. The van der Waals surface area contributed by atoms with E-state index in [-0.39, 0.29) is 34.9 Å². The van der Waals surface area contributed by atoms with Crippen molar-refractivity contribution in [3.63, 3.8) is 0 Å². The highest BCUT2D eigenvalue weighted by atomic mass is 19.4. The average Bonchev–Trinajstić information content (AvgIpc) is 2.71. The molecule has 0 atom stereocenters. The number of hydrogen-bond acceptors (Lipinski definition) is 2. The molecule has 0 unspecified atom stereocenters. The molecule has 0 radical (unpaired) electrons. The van der Waals surface area contributed by atoms with Crippen LogP contribution in [0, 0.1) is 0 Å². The van der Waals surface area contributed by atoms with Crippen LogP contribution in [-0.2, 0) is 9.59 Å². The number of alkyl halides is 12. The second-order valence-corrected chi connectivity index (χ2v) is 10.7. The highest BCUT2D eigenvalue weighted by Crippen LogP contribution is 2.60. The van der Waals surface area contributed by atoms with Crippen molar-refractivity contribution in [1.29, 1.82) is 0 Å². The third-order valence-electron chi connectivity index (χ3n) is 5.12. The fraction of sp³-hybridized carbons (Fsp3) is 0.900. The number of amides is 2. The lowest BCUT2D eigenvalue weighted by Gasteiger charge is -2.40. The molecular formula is C20H32F12N4O2+2. The molecule has 0 aromatic heterocycles. The highest BCUT2D eigenvalue weighted by Gasteiger charge is 2.92. The van der Waals surface area contributed by atoms with Gasteiger partial charge in [-0.05, 0) is 0 Å². The molecule has 0 aliphatic heterocycles. The van der Waals surface area contributed by atoms with Crippen LogP contribution in [0.4, 0.5) is 52.7 Å². The van der Waals surface area contributed by atoms with E-state index in [2.05, 4.69) is 0 Å². The lowest BCUT2D eigenvalue weighted by atomic mass is 9.90. The minimum absolute atomic E-state index is 0.134. The first-order chi connectivity index (χ1) is 16.5. The quantitative estimate of drug-likeness (QED) is 0.176. The molecule has 0 bridgehead atoms. The zero-order valence-corrected chi connectivity index (χ0v) is 21.5. The van der Waals surface area contributed by atoms with Gasteiger partial charge in [-0.3, -0.25) is 9.59 Å². The molecule has 18 heteroatoms. The molecule has 0 spiro atoms. The minimum Gasteiger partial charge on any atom is -0.350 e. The summed E-state index contributed by atoms with van der Waals surface area (Å²) < 4.78 is 168. The third-order valence-corrected chi connectivity index (χ3v) is 5.12. The summed E-state index contributed by atoms with van der Waals surface area (Å²) in [6, 6.07) is 0. The number of hydrogen-bond donors (Lipinski definition) is 2. The van der Waals surface area contributed by atoms with Gasteiger partial charge < -0.3 is 19.6 Å². The Kier molecular flexibility index (Phi) is 10.7. The molecule has 0 fully saturated rings. The molecule has 0 aliphatic rings. The van der Waals surface area contributed by atoms with Gasteiger partial charge in [0.25, 0.3) is 11.8 Å². The van der Waals surface area contributed by atoms with Crippen molar-refractivity contribution in [2.45, 2.75) is 48.4 Å². The van der Waals surface area contributed by atoms with Crippen LogP contribution in [0.2, 0.25) is 0 Å². The lowest BCUT2D eigenvalue weighted by Crippen LogP contribution is -2.73. The molecule has 6 nitrogen and oxygen atoms in total. The monoisotopic (exact) mass is 588 g/mol. The standard InChI is InChI=1S/C20H30F12N4O2/c1-35(2,3)11-7-9-33-13(37)15(21,22)17(25,26)19(29,30)20(31,32)18(27,28)16(23,24)14(38)34-10-8-12-36(4,5)6/h7-12H2,1-6H3/p+2. The molecule has 0 aliphatic carbocycles.